The van der Waals surface area contributed by atoms with Gasteiger partial charge in [-0.1, -0.05) is 11.6 Å². The molecule has 1 amide bonds. The summed E-state index contributed by atoms with van der Waals surface area (Å²) in [6.45, 7) is 0.447. The Balaban J connectivity index is 2.72. The van der Waals surface area contributed by atoms with Gasteiger partial charge in [-0.2, -0.15) is 13.2 Å². The van der Waals surface area contributed by atoms with Crippen LogP contribution in [0.3, 0.4) is 0 Å². The Bertz CT molecular complexity index is 404. The van der Waals surface area contributed by atoms with Crippen LogP contribution in [0.2, 0.25) is 0 Å². The molecular formula is C12H16F3NO3. The molecule has 0 aromatic carbocycles. The average molecular weight is 279 g/mol. The summed E-state index contributed by atoms with van der Waals surface area (Å²) in [5.41, 5.74) is -2.49. The lowest BCUT2D eigenvalue weighted by atomic mass is 9.96. The normalized spacial score (nSPS) is 19.3. The Hall–Kier alpha value is -1.53. The van der Waals surface area contributed by atoms with E-state index in [-0.39, 0.29) is 6.42 Å². The van der Waals surface area contributed by atoms with Gasteiger partial charge in [-0.05, 0) is 32.6 Å². The molecule has 0 fully saturated rings. The first-order valence-corrected chi connectivity index (χ1v) is 5.96. The van der Waals surface area contributed by atoms with E-state index in [4.69, 9.17) is 5.11 Å². The van der Waals surface area contributed by atoms with Gasteiger partial charge in [0.15, 0.2) is 0 Å². The van der Waals surface area contributed by atoms with Crippen LogP contribution in [0, 0.1) is 0 Å². The van der Waals surface area contributed by atoms with E-state index in [1.165, 1.54) is 0 Å². The van der Waals surface area contributed by atoms with Crippen molar-refractivity contribution in [2.24, 2.45) is 0 Å². The minimum absolute atomic E-state index is 0.182. The number of carbonyl (C=O) groups excluding carboxylic acids is 1. The third-order valence-corrected chi connectivity index (χ3v) is 3.16. The van der Waals surface area contributed by atoms with Crippen LogP contribution in [0.15, 0.2) is 11.6 Å². The molecule has 7 heteroatoms. The Labute approximate surface area is 108 Å². The highest BCUT2D eigenvalue weighted by Crippen LogP contribution is 2.31. The Morgan fingerprint density at radius 3 is 2.42 bits per heavy atom. The number of nitrogens with one attached hydrogen (secondary N) is 1. The SMILES string of the molecule is CC(NC(=O)CC1=CCCCC1)(C(=O)O)C(F)(F)F. The summed E-state index contributed by atoms with van der Waals surface area (Å²) in [5, 5.41) is 10.2. The van der Waals surface area contributed by atoms with Gasteiger partial charge in [-0.3, -0.25) is 4.79 Å². The Kier molecular flexibility index (Phi) is 4.60. The van der Waals surface area contributed by atoms with E-state index in [9.17, 15) is 22.8 Å². The highest BCUT2D eigenvalue weighted by Gasteiger charge is 2.58. The first kappa shape index (κ1) is 15.5. The highest BCUT2D eigenvalue weighted by atomic mass is 19.4. The molecule has 1 atom stereocenters. The third-order valence-electron chi connectivity index (χ3n) is 3.16. The number of alkyl halides is 3. The van der Waals surface area contributed by atoms with Gasteiger partial charge in [0.25, 0.3) is 0 Å². The average Bonchev–Trinajstić information content (AvgIpc) is 2.28. The molecule has 0 aromatic heterocycles. The van der Waals surface area contributed by atoms with Gasteiger partial charge in [0.1, 0.15) is 0 Å². The van der Waals surface area contributed by atoms with Crippen molar-refractivity contribution < 1.29 is 27.9 Å². The maximum absolute atomic E-state index is 12.7. The summed E-state index contributed by atoms with van der Waals surface area (Å²) < 4.78 is 38.1. The zero-order chi connectivity index (χ0) is 14.7. The van der Waals surface area contributed by atoms with Gasteiger partial charge < -0.3 is 10.4 Å². The number of rotatable bonds is 4. The van der Waals surface area contributed by atoms with Gasteiger partial charge in [0, 0.05) is 6.42 Å². The van der Waals surface area contributed by atoms with E-state index >= 15 is 0 Å². The summed E-state index contributed by atoms with van der Waals surface area (Å²) in [4.78, 5) is 22.3. The second kappa shape index (κ2) is 5.63. The number of aliphatic carboxylic acids is 1. The summed E-state index contributed by atoms with van der Waals surface area (Å²) >= 11 is 0. The summed E-state index contributed by atoms with van der Waals surface area (Å²) in [7, 11) is 0. The number of carbonyl (C=O) groups is 2. The maximum atomic E-state index is 12.7. The molecule has 1 rings (SSSR count). The van der Waals surface area contributed by atoms with Crippen LogP contribution in [0.4, 0.5) is 13.2 Å². The van der Waals surface area contributed by atoms with Crippen molar-refractivity contribution in [3.05, 3.63) is 11.6 Å². The van der Waals surface area contributed by atoms with Crippen molar-refractivity contribution in [2.75, 3.05) is 0 Å². The van der Waals surface area contributed by atoms with Crippen LogP contribution in [-0.2, 0) is 9.59 Å². The second-order valence-electron chi connectivity index (χ2n) is 4.76. The van der Waals surface area contributed by atoms with Crippen LogP contribution in [0.25, 0.3) is 0 Å². The predicted octanol–water partition coefficient (Wildman–Crippen LogP) is 2.40. The highest BCUT2D eigenvalue weighted by molar-refractivity contribution is 5.88. The molecule has 1 aliphatic rings. The van der Waals surface area contributed by atoms with Crippen LogP contribution < -0.4 is 5.32 Å². The van der Waals surface area contributed by atoms with Gasteiger partial charge in [-0.25, -0.2) is 4.79 Å². The monoisotopic (exact) mass is 279 g/mol. The molecule has 0 aliphatic heterocycles. The molecule has 4 nitrogen and oxygen atoms in total. The van der Waals surface area contributed by atoms with Crippen LogP contribution in [0.1, 0.15) is 39.0 Å². The predicted molar refractivity (Wildman–Crippen MR) is 61.4 cm³/mol. The number of carboxylic acid groups (broad SMARTS) is 1. The van der Waals surface area contributed by atoms with E-state index in [1.54, 1.807) is 5.32 Å². The fourth-order valence-corrected chi connectivity index (χ4v) is 1.84. The summed E-state index contributed by atoms with van der Waals surface area (Å²) in [6.07, 6.45) is -0.0282. The fourth-order valence-electron chi connectivity index (χ4n) is 1.84. The van der Waals surface area contributed by atoms with Gasteiger partial charge in [-0.15, -0.1) is 0 Å². The minimum atomic E-state index is -5.05. The number of carboxylic acids is 1. The van der Waals surface area contributed by atoms with Crippen molar-refractivity contribution in [3.8, 4) is 0 Å². The number of hydrogen-bond acceptors (Lipinski definition) is 2. The molecule has 0 spiro atoms. The number of halogens is 3. The molecule has 108 valence electrons. The molecular weight excluding hydrogens is 263 g/mol. The van der Waals surface area contributed by atoms with E-state index in [0.717, 1.165) is 24.8 Å². The molecule has 0 saturated heterocycles. The largest absolute Gasteiger partial charge is 0.479 e. The second-order valence-corrected chi connectivity index (χ2v) is 4.76. The lowest BCUT2D eigenvalue weighted by Crippen LogP contribution is -2.61. The van der Waals surface area contributed by atoms with Crippen molar-refractivity contribution >= 4 is 11.9 Å². The molecule has 0 bridgehead atoms. The lowest BCUT2D eigenvalue weighted by molar-refractivity contribution is -0.206. The van der Waals surface area contributed by atoms with E-state index in [0.29, 0.717) is 13.3 Å². The third kappa shape index (κ3) is 3.71. The zero-order valence-corrected chi connectivity index (χ0v) is 10.5. The first-order chi connectivity index (χ1) is 8.67. The van der Waals surface area contributed by atoms with Crippen molar-refractivity contribution in [1.29, 1.82) is 0 Å². The van der Waals surface area contributed by atoms with Crippen molar-refractivity contribution in [3.63, 3.8) is 0 Å². The van der Waals surface area contributed by atoms with E-state index in [1.807, 2.05) is 6.08 Å². The van der Waals surface area contributed by atoms with E-state index < -0.39 is 23.6 Å². The van der Waals surface area contributed by atoms with Crippen LogP contribution in [-0.4, -0.2) is 28.7 Å². The molecule has 0 heterocycles. The Morgan fingerprint density at radius 2 is 2.00 bits per heavy atom. The molecule has 1 unspecified atom stereocenters. The maximum Gasteiger partial charge on any atom is 0.422 e. The van der Waals surface area contributed by atoms with Crippen LogP contribution >= 0.6 is 0 Å². The quantitative estimate of drug-likeness (QED) is 0.776. The fraction of sp³-hybridized carbons (Fsp3) is 0.667. The molecule has 0 saturated carbocycles. The summed E-state index contributed by atoms with van der Waals surface area (Å²) in [6, 6.07) is 0. The lowest BCUT2D eigenvalue weighted by Gasteiger charge is -2.28. The smallest absolute Gasteiger partial charge is 0.422 e. The minimum Gasteiger partial charge on any atom is -0.479 e. The molecule has 19 heavy (non-hydrogen) atoms. The number of hydrogen-bond donors (Lipinski definition) is 2. The van der Waals surface area contributed by atoms with Crippen molar-refractivity contribution in [2.45, 2.75) is 50.7 Å². The Morgan fingerprint density at radius 1 is 1.37 bits per heavy atom. The van der Waals surface area contributed by atoms with Gasteiger partial charge in [0.2, 0.25) is 11.4 Å². The van der Waals surface area contributed by atoms with Crippen LogP contribution in [0.5, 0.6) is 0 Å². The molecule has 1 aliphatic carbocycles. The topological polar surface area (TPSA) is 66.4 Å². The standard InChI is InChI=1S/C12H16F3NO3/c1-11(10(18)19,12(13,14)15)16-9(17)7-8-5-3-2-4-6-8/h5H,2-4,6-7H2,1H3,(H,16,17)(H,18,19). The number of allylic oxidation sites excluding steroid dienone is 1. The molecule has 2 N–H and O–H groups in total. The molecule has 0 aromatic rings. The van der Waals surface area contributed by atoms with Crippen molar-refractivity contribution in [1.82, 2.24) is 5.32 Å². The summed E-state index contributed by atoms with van der Waals surface area (Å²) in [5.74, 6) is -3.04. The first-order valence-electron chi connectivity index (χ1n) is 5.96. The van der Waals surface area contributed by atoms with Gasteiger partial charge >= 0.3 is 12.1 Å². The zero-order valence-electron chi connectivity index (χ0n) is 10.5. The molecule has 0 radical (unpaired) electrons. The van der Waals surface area contributed by atoms with E-state index in [2.05, 4.69) is 0 Å². The number of amides is 1. The van der Waals surface area contributed by atoms with Gasteiger partial charge in [0.05, 0.1) is 0 Å².